The average Bonchev–Trinajstić information content (AvgIpc) is 3.85. The molecule has 9 nitrogen and oxygen atoms in total. The zero-order valence-corrected chi connectivity index (χ0v) is 25.8. The van der Waals surface area contributed by atoms with Crippen LogP contribution >= 0.6 is 0 Å². The Hall–Kier alpha value is -4.45. The lowest BCUT2D eigenvalue weighted by Crippen LogP contribution is -2.30. The predicted molar refractivity (Wildman–Crippen MR) is 167 cm³/mol. The monoisotopic (exact) mass is 629 g/mol. The van der Waals surface area contributed by atoms with Gasteiger partial charge in [0.15, 0.2) is 11.9 Å². The molecule has 2 aliphatic heterocycles. The van der Waals surface area contributed by atoms with Gasteiger partial charge >= 0.3 is 0 Å². The number of hydrogen-bond acceptors (Lipinski definition) is 7. The minimum atomic E-state index is -1.55. The summed E-state index contributed by atoms with van der Waals surface area (Å²) in [5, 5.41) is 4.21. The number of ether oxygens (including phenoxy) is 3. The van der Waals surface area contributed by atoms with Crippen molar-refractivity contribution in [1.82, 2.24) is 19.5 Å². The molecule has 5 unspecified atom stereocenters. The molecule has 3 aliphatic rings. The fourth-order valence-corrected chi connectivity index (χ4v) is 5.56. The maximum absolute atomic E-state index is 14.6. The van der Waals surface area contributed by atoms with Gasteiger partial charge in [-0.1, -0.05) is 85.8 Å². The van der Waals surface area contributed by atoms with E-state index >= 15 is 0 Å². The van der Waals surface area contributed by atoms with Crippen LogP contribution in [0.25, 0.3) is 11.2 Å². The number of nitrogens with zero attached hydrogens (tertiary/aromatic N) is 4. The molecule has 1 saturated carbocycles. The SMILES string of the molecule is C1CC2CC1O2.COC(c1ccccc1)n1/c(=N\OCc2ccccc2F)ncc2[nH]c(C(C)COC(F)c3ccccc3)nc21. The summed E-state index contributed by atoms with van der Waals surface area (Å²) in [4.78, 5) is 18.1. The summed E-state index contributed by atoms with van der Waals surface area (Å²) in [5.41, 5.74) is 2.94. The predicted octanol–water partition coefficient (Wildman–Crippen LogP) is 6.85. The van der Waals surface area contributed by atoms with E-state index in [2.05, 4.69) is 15.1 Å². The molecule has 0 spiro atoms. The number of nitrogens with one attached hydrogen (secondary N) is 1. The first kappa shape index (κ1) is 31.5. The number of aromatic nitrogens is 4. The third-order valence-electron chi connectivity index (χ3n) is 8.09. The lowest BCUT2D eigenvalue weighted by Gasteiger charge is -2.23. The van der Waals surface area contributed by atoms with E-state index in [1.54, 1.807) is 60.3 Å². The Morgan fingerprint density at radius 1 is 0.978 bits per heavy atom. The van der Waals surface area contributed by atoms with E-state index in [4.69, 9.17) is 24.0 Å². The number of aromatic amines is 1. The zero-order valence-electron chi connectivity index (χ0n) is 25.8. The Labute approximate surface area is 265 Å². The first-order chi connectivity index (χ1) is 22.5. The van der Waals surface area contributed by atoms with Gasteiger partial charge in [0.05, 0.1) is 25.0 Å². The average molecular weight is 630 g/mol. The zero-order chi connectivity index (χ0) is 31.9. The van der Waals surface area contributed by atoms with Crippen LogP contribution in [-0.4, -0.2) is 45.4 Å². The van der Waals surface area contributed by atoms with Crippen LogP contribution in [0.2, 0.25) is 0 Å². The largest absolute Gasteiger partial charge is 0.388 e. The van der Waals surface area contributed by atoms with Gasteiger partial charge in [0.2, 0.25) is 6.36 Å². The minimum Gasteiger partial charge on any atom is -0.388 e. The molecule has 2 saturated heterocycles. The lowest BCUT2D eigenvalue weighted by atomic mass is 10.2. The van der Waals surface area contributed by atoms with E-state index in [-0.39, 0.29) is 30.6 Å². The summed E-state index contributed by atoms with van der Waals surface area (Å²) in [6.45, 7) is 1.90. The van der Waals surface area contributed by atoms with E-state index in [1.165, 1.54) is 25.3 Å². The molecule has 3 fully saturated rings. The van der Waals surface area contributed by atoms with Crippen LogP contribution in [0.1, 0.15) is 67.2 Å². The van der Waals surface area contributed by atoms with Crippen LogP contribution in [-0.2, 0) is 25.7 Å². The highest BCUT2D eigenvalue weighted by atomic mass is 19.1. The smallest absolute Gasteiger partial charge is 0.270 e. The van der Waals surface area contributed by atoms with Gasteiger partial charge in [0, 0.05) is 29.7 Å². The molecule has 2 aromatic heterocycles. The Bertz CT molecular complexity index is 1760. The fraction of sp³-hybridized carbons (Fsp3) is 0.343. The van der Waals surface area contributed by atoms with Crippen LogP contribution < -0.4 is 5.62 Å². The number of alkyl halides is 1. The van der Waals surface area contributed by atoms with Gasteiger partial charge < -0.3 is 24.0 Å². The molecular formula is C35H37F2N5O4. The van der Waals surface area contributed by atoms with Gasteiger partial charge in [-0.05, 0) is 30.5 Å². The number of H-pyrrole nitrogens is 1. The number of halogens is 2. The molecule has 1 N–H and O–H groups in total. The van der Waals surface area contributed by atoms with Gasteiger partial charge in [0.1, 0.15) is 23.8 Å². The second-order valence-electron chi connectivity index (χ2n) is 11.4. The number of hydrogen-bond donors (Lipinski definition) is 1. The maximum Gasteiger partial charge on any atom is 0.270 e. The Morgan fingerprint density at radius 2 is 1.63 bits per heavy atom. The standard InChI is InChI=1S/C30H29F2N5O3.C5H8O/c1-20(18-39-26(32)21-11-5-3-6-12-21)27-34-25-17-33-30(36-40-19-23-15-9-10-16-24(23)31)37(28(25)35-27)29(38-2)22-13-7-4-8-14-22;1-2-5-3-4(1)6-5/h3-17,20,26,29H,18-19H2,1-2H3,(H,34,35);4-5H,1-3H2/b36-30-;. The Kier molecular flexibility index (Phi) is 10.1. The first-order valence-corrected chi connectivity index (χ1v) is 15.4. The second-order valence-corrected chi connectivity index (χ2v) is 11.4. The molecule has 1 aliphatic carbocycles. The molecule has 240 valence electrons. The first-order valence-electron chi connectivity index (χ1n) is 15.4. The van der Waals surface area contributed by atoms with Crippen molar-refractivity contribution in [3.63, 3.8) is 0 Å². The van der Waals surface area contributed by atoms with Gasteiger partial charge in [-0.25, -0.2) is 18.7 Å². The van der Waals surface area contributed by atoms with Gasteiger partial charge in [0.25, 0.3) is 5.62 Å². The molecule has 8 rings (SSSR count). The van der Waals surface area contributed by atoms with E-state index < -0.39 is 12.6 Å². The van der Waals surface area contributed by atoms with Crippen LogP contribution in [0.15, 0.2) is 96.3 Å². The number of methoxy groups -OCH3 is 1. The Morgan fingerprint density at radius 3 is 2.26 bits per heavy atom. The minimum absolute atomic E-state index is 0.0820. The highest BCUT2D eigenvalue weighted by molar-refractivity contribution is 5.70. The molecule has 5 atom stereocenters. The van der Waals surface area contributed by atoms with Crippen molar-refractivity contribution in [3.8, 4) is 0 Å². The quantitative estimate of drug-likeness (QED) is 0.161. The summed E-state index contributed by atoms with van der Waals surface area (Å²) in [5.74, 6) is -0.0691. The lowest BCUT2D eigenvalue weighted by molar-refractivity contribution is -0.0647. The third kappa shape index (κ3) is 7.33. The van der Waals surface area contributed by atoms with E-state index in [0.29, 0.717) is 40.3 Å². The van der Waals surface area contributed by atoms with Gasteiger partial charge in [-0.15, -0.1) is 0 Å². The fourth-order valence-electron chi connectivity index (χ4n) is 5.56. The molecule has 46 heavy (non-hydrogen) atoms. The van der Waals surface area contributed by atoms with Gasteiger partial charge in [-0.2, -0.15) is 0 Å². The van der Waals surface area contributed by atoms with Crippen molar-refractivity contribution >= 4 is 11.2 Å². The van der Waals surface area contributed by atoms with Crippen molar-refractivity contribution in [1.29, 1.82) is 0 Å². The van der Waals surface area contributed by atoms with E-state index in [9.17, 15) is 8.78 Å². The van der Waals surface area contributed by atoms with Crippen molar-refractivity contribution in [2.75, 3.05) is 13.7 Å². The summed E-state index contributed by atoms with van der Waals surface area (Å²) in [6.07, 6.45) is 4.80. The van der Waals surface area contributed by atoms with Crippen molar-refractivity contribution < 1.29 is 27.8 Å². The van der Waals surface area contributed by atoms with Crippen molar-refractivity contribution in [2.45, 2.75) is 63.5 Å². The molecular weight excluding hydrogens is 592 g/mol. The van der Waals surface area contributed by atoms with Crippen LogP contribution in [0.3, 0.4) is 0 Å². The number of rotatable bonds is 11. The van der Waals surface area contributed by atoms with Crippen LogP contribution in [0.5, 0.6) is 0 Å². The maximum atomic E-state index is 14.6. The molecule has 0 radical (unpaired) electrons. The van der Waals surface area contributed by atoms with Crippen molar-refractivity contribution in [3.05, 3.63) is 125 Å². The molecule has 11 heteroatoms. The molecule has 5 aromatic rings. The normalized spacial score (nSPS) is 19.2. The number of imidazole rings is 1. The topological polar surface area (TPSA) is 95.8 Å². The number of benzene rings is 3. The van der Waals surface area contributed by atoms with Crippen LogP contribution in [0, 0.1) is 5.82 Å². The second kappa shape index (κ2) is 14.8. The third-order valence-corrected chi connectivity index (χ3v) is 8.09. The van der Waals surface area contributed by atoms with E-state index in [0.717, 1.165) is 5.56 Å². The van der Waals surface area contributed by atoms with Crippen molar-refractivity contribution in [2.24, 2.45) is 5.16 Å². The highest BCUT2D eigenvalue weighted by Crippen LogP contribution is 2.36. The molecule has 2 bridgehead atoms. The summed E-state index contributed by atoms with van der Waals surface area (Å²) in [7, 11) is 1.57. The molecule has 3 aromatic carbocycles. The summed E-state index contributed by atoms with van der Waals surface area (Å²) < 4.78 is 47.0. The molecule has 0 amide bonds. The van der Waals surface area contributed by atoms with Crippen LogP contribution in [0.4, 0.5) is 8.78 Å². The Balaban J connectivity index is 0.000000547. The number of fused-ring (bicyclic) bond motifs is 2. The molecule has 4 heterocycles. The van der Waals surface area contributed by atoms with Gasteiger partial charge in [-0.3, -0.25) is 4.57 Å². The highest BCUT2D eigenvalue weighted by Gasteiger charge is 2.36. The summed E-state index contributed by atoms with van der Waals surface area (Å²) in [6, 6.07) is 24.6. The van der Waals surface area contributed by atoms with E-state index in [1.807, 2.05) is 43.3 Å². The summed E-state index contributed by atoms with van der Waals surface area (Å²) >= 11 is 0.